The van der Waals surface area contributed by atoms with Gasteiger partial charge in [0.25, 0.3) is 5.91 Å². The normalized spacial score (nSPS) is 14.8. The molecule has 1 aliphatic heterocycles. The number of benzene rings is 2. The number of ether oxygens (including phenoxy) is 2. The summed E-state index contributed by atoms with van der Waals surface area (Å²) in [6.45, 7) is -1.39. The molecule has 38 heavy (non-hydrogen) atoms. The first-order valence-electron chi connectivity index (χ1n) is 11.2. The number of imidazole rings is 1. The first kappa shape index (κ1) is 27.2. The molecule has 3 aromatic rings. The summed E-state index contributed by atoms with van der Waals surface area (Å²) in [5.41, 5.74) is 0.609. The molecule has 2 amide bonds. The van der Waals surface area contributed by atoms with Crippen LogP contribution in [0.5, 0.6) is 17.5 Å². The van der Waals surface area contributed by atoms with Crippen LogP contribution in [0.4, 0.5) is 19.0 Å². The molecule has 4 rings (SSSR count). The van der Waals surface area contributed by atoms with Crippen LogP contribution in [0.15, 0.2) is 48.5 Å². The second-order valence-electron chi connectivity index (χ2n) is 8.41. The number of carbonyl (C=O) groups excluding carboxylic acids is 2. The summed E-state index contributed by atoms with van der Waals surface area (Å²) < 4.78 is 49.2. The van der Waals surface area contributed by atoms with Gasteiger partial charge in [0.1, 0.15) is 11.5 Å². The first-order chi connectivity index (χ1) is 17.9. The number of hydrogen-bond acceptors (Lipinski definition) is 8. The molecule has 1 aromatic heterocycles. The zero-order valence-electron chi connectivity index (χ0n) is 19.9. The number of carbonyl (C=O) groups is 2. The van der Waals surface area contributed by atoms with Gasteiger partial charge in [0.2, 0.25) is 5.91 Å². The molecule has 202 valence electrons. The van der Waals surface area contributed by atoms with Crippen molar-refractivity contribution in [3.8, 4) is 17.5 Å². The van der Waals surface area contributed by atoms with Crippen LogP contribution in [0.2, 0.25) is 5.02 Å². The van der Waals surface area contributed by atoms with E-state index >= 15 is 0 Å². The SMILES string of the molecule is CN1CC(=O)N(CC(O)CO)C(=O)c2c1nc(Oc1cccc(OC(F)(F)F)c1)n2Cc1ccc(Cl)cc1. The maximum atomic E-state index is 13.6. The van der Waals surface area contributed by atoms with Crippen LogP contribution >= 0.6 is 11.6 Å². The monoisotopic (exact) mass is 554 g/mol. The largest absolute Gasteiger partial charge is 0.573 e. The highest BCUT2D eigenvalue weighted by atomic mass is 35.5. The van der Waals surface area contributed by atoms with E-state index in [1.807, 2.05) is 0 Å². The predicted molar refractivity (Wildman–Crippen MR) is 128 cm³/mol. The fourth-order valence-corrected chi connectivity index (χ4v) is 3.92. The van der Waals surface area contributed by atoms with Crippen molar-refractivity contribution >= 4 is 29.2 Å². The van der Waals surface area contributed by atoms with Crippen molar-refractivity contribution in [2.45, 2.75) is 19.0 Å². The summed E-state index contributed by atoms with van der Waals surface area (Å²) in [6, 6.07) is 11.3. The van der Waals surface area contributed by atoms with Gasteiger partial charge in [0.15, 0.2) is 11.5 Å². The number of aliphatic hydroxyl groups excluding tert-OH is 2. The van der Waals surface area contributed by atoms with Gasteiger partial charge in [-0.3, -0.25) is 19.1 Å². The summed E-state index contributed by atoms with van der Waals surface area (Å²) in [5, 5.41) is 19.7. The second-order valence-corrected chi connectivity index (χ2v) is 8.84. The molecule has 2 aromatic carbocycles. The zero-order chi connectivity index (χ0) is 27.6. The van der Waals surface area contributed by atoms with Crippen LogP contribution in [0.1, 0.15) is 16.1 Å². The summed E-state index contributed by atoms with van der Waals surface area (Å²) in [4.78, 5) is 33.0. The number of β-amino-alcohol motifs (C(OH)–C–C–N with tert-alkyl or cyclic N) is 1. The van der Waals surface area contributed by atoms with E-state index in [9.17, 15) is 33.0 Å². The predicted octanol–water partition coefficient (Wildman–Crippen LogP) is 3.05. The number of aliphatic hydroxyl groups is 2. The highest BCUT2D eigenvalue weighted by Gasteiger charge is 2.38. The molecule has 0 bridgehead atoms. The number of aromatic nitrogens is 2. The number of anilines is 1. The molecule has 14 heteroatoms. The van der Waals surface area contributed by atoms with Gasteiger partial charge in [-0.2, -0.15) is 4.98 Å². The van der Waals surface area contributed by atoms with E-state index in [1.165, 1.54) is 28.6 Å². The van der Waals surface area contributed by atoms with Crippen LogP contribution in [0, 0.1) is 0 Å². The molecule has 0 saturated heterocycles. The van der Waals surface area contributed by atoms with Crippen LogP contribution in [-0.4, -0.2) is 75.7 Å². The topological polar surface area (TPSA) is 117 Å². The Kier molecular flexibility index (Phi) is 7.81. The Hall–Kier alpha value is -3.81. The molecule has 0 aliphatic carbocycles. The van der Waals surface area contributed by atoms with E-state index in [1.54, 1.807) is 24.3 Å². The van der Waals surface area contributed by atoms with Crippen LogP contribution < -0.4 is 14.4 Å². The smallest absolute Gasteiger partial charge is 0.425 e. The lowest BCUT2D eigenvalue weighted by Gasteiger charge is -2.22. The lowest BCUT2D eigenvalue weighted by molar-refractivity contribution is -0.274. The second kappa shape index (κ2) is 10.9. The fraction of sp³-hybridized carbons (Fsp3) is 0.292. The summed E-state index contributed by atoms with van der Waals surface area (Å²) in [6.07, 6.45) is -6.28. The van der Waals surface area contributed by atoms with Crippen molar-refractivity contribution in [3.05, 3.63) is 64.8 Å². The van der Waals surface area contributed by atoms with Gasteiger partial charge in [-0.15, -0.1) is 13.2 Å². The van der Waals surface area contributed by atoms with Crippen molar-refractivity contribution in [2.24, 2.45) is 0 Å². The van der Waals surface area contributed by atoms with E-state index in [4.69, 9.17) is 16.3 Å². The average Bonchev–Trinajstić information content (AvgIpc) is 3.16. The van der Waals surface area contributed by atoms with Crippen molar-refractivity contribution in [2.75, 3.05) is 31.6 Å². The number of nitrogens with zero attached hydrogens (tertiary/aromatic N) is 4. The number of fused-ring (bicyclic) bond motifs is 1. The minimum Gasteiger partial charge on any atom is -0.425 e. The Balaban J connectivity index is 1.79. The quantitative estimate of drug-likeness (QED) is 0.408. The molecule has 10 nitrogen and oxygen atoms in total. The Morgan fingerprint density at radius 3 is 2.47 bits per heavy atom. The summed E-state index contributed by atoms with van der Waals surface area (Å²) in [7, 11) is 1.52. The van der Waals surface area contributed by atoms with E-state index in [0.717, 1.165) is 17.0 Å². The molecule has 0 saturated carbocycles. The molecule has 1 aliphatic rings. The first-order valence-corrected chi connectivity index (χ1v) is 11.6. The Morgan fingerprint density at radius 2 is 1.82 bits per heavy atom. The lowest BCUT2D eigenvalue weighted by Crippen LogP contribution is -2.45. The molecule has 1 atom stereocenters. The Morgan fingerprint density at radius 1 is 1.13 bits per heavy atom. The number of alkyl halides is 3. The van der Waals surface area contributed by atoms with Gasteiger partial charge < -0.3 is 24.6 Å². The maximum absolute atomic E-state index is 13.6. The van der Waals surface area contributed by atoms with Crippen molar-refractivity contribution < 1.29 is 42.4 Å². The van der Waals surface area contributed by atoms with E-state index < -0.39 is 43.2 Å². The van der Waals surface area contributed by atoms with E-state index in [0.29, 0.717) is 10.6 Å². The van der Waals surface area contributed by atoms with E-state index in [-0.39, 0.29) is 36.4 Å². The number of imide groups is 1. The average molecular weight is 555 g/mol. The minimum atomic E-state index is -4.91. The third-order valence-corrected chi connectivity index (χ3v) is 5.76. The van der Waals surface area contributed by atoms with Gasteiger partial charge in [-0.1, -0.05) is 29.8 Å². The van der Waals surface area contributed by atoms with Crippen molar-refractivity contribution in [3.63, 3.8) is 0 Å². The molecular weight excluding hydrogens is 533 g/mol. The van der Waals surface area contributed by atoms with Gasteiger partial charge >= 0.3 is 12.4 Å². The molecule has 2 heterocycles. The van der Waals surface area contributed by atoms with E-state index in [2.05, 4.69) is 9.72 Å². The van der Waals surface area contributed by atoms with Crippen LogP contribution in [-0.2, 0) is 11.3 Å². The van der Waals surface area contributed by atoms with Crippen LogP contribution in [0.25, 0.3) is 0 Å². The van der Waals surface area contributed by atoms with Gasteiger partial charge in [-0.25, -0.2) is 0 Å². The molecule has 0 radical (unpaired) electrons. The zero-order valence-corrected chi connectivity index (χ0v) is 20.6. The third-order valence-electron chi connectivity index (χ3n) is 5.50. The maximum Gasteiger partial charge on any atom is 0.573 e. The third kappa shape index (κ3) is 6.18. The molecule has 1 unspecified atom stereocenters. The number of halogens is 4. The summed E-state index contributed by atoms with van der Waals surface area (Å²) in [5.74, 6) is -1.91. The van der Waals surface area contributed by atoms with Crippen LogP contribution in [0.3, 0.4) is 0 Å². The Bertz CT molecular complexity index is 1330. The number of likely N-dealkylation sites (N-methyl/N-ethyl adjacent to an activating group) is 1. The summed E-state index contributed by atoms with van der Waals surface area (Å²) >= 11 is 5.98. The minimum absolute atomic E-state index is 0.0116. The highest BCUT2D eigenvalue weighted by molar-refractivity contribution is 6.30. The highest BCUT2D eigenvalue weighted by Crippen LogP contribution is 2.34. The molecule has 0 spiro atoms. The fourth-order valence-electron chi connectivity index (χ4n) is 3.79. The van der Waals surface area contributed by atoms with Gasteiger partial charge in [0, 0.05) is 18.1 Å². The number of amides is 2. The van der Waals surface area contributed by atoms with Gasteiger partial charge in [0.05, 0.1) is 32.3 Å². The lowest BCUT2D eigenvalue weighted by atomic mass is 10.2. The Labute approximate surface area is 219 Å². The molecule has 0 fully saturated rings. The molecular formula is C24H22ClF3N4O6. The van der Waals surface area contributed by atoms with Gasteiger partial charge in [-0.05, 0) is 29.8 Å². The van der Waals surface area contributed by atoms with Crippen molar-refractivity contribution in [1.29, 1.82) is 0 Å². The number of rotatable bonds is 8. The standard InChI is InChI=1S/C24H22ClF3N4O6/c1-30-12-19(35)31(11-16(34)13-33)22(36)20-21(30)29-23(32(20)10-14-5-7-15(25)8-6-14)37-17-3-2-4-18(9-17)38-24(26,27)28/h2-9,16,33-34H,10-13H2,1H3. The number of hydrogen-bond donors (Lipinski definition) is 2. The van der Waals surface area contributed by atoms with Crippen molar-refractivity contribution in [1.82, 2.24) is 14.5 Å². The molecule has 2 N–H and O–H groups in total.